The molecule has 144 valence electrons. The maximum absolute atomic E-state index is 11.5. The predicted molar refractivity (Wildman–Crippen MR) is 96.3 cm³/mol. The van der Waals surface area contributed by atoms with Gasteiger partial charge in [-0.3, -0.25) is 9.59 Å². The van der Waals surface area contributed by atoms with Gasteiger partial charge in [0.15, 0.2) is 0 Å². The van der Waals surface area contributed by atoms with Crippen molar-refractivity contribution in [1.29, 1.82) is 0 Å². The first-order valence-electron chi connectivity index (χ1n) is 8.13. The summed E-state index contributed by atoms with van der Waals surface area (Å²) in [6.45, 7) is 2.86. The molecule has 0 saturated carbocycles. The highest BCUT2D eigenvalue weighted by atomic mass is 16.5. The minimum Gasteiger partial charge on any atom is -0.492 e. The highest BCUT2D eigenvalue weighted by molar-refractivity contribution is 5.89. The van der Waals surface area contributed by atoms with Crippen molar-refractivity contribution in [3.63, 3.8) is 0 Å². The van der Waals surface area contributed by atoms with Gasteiger partial charge < -0.3 is 30.2 Å². The zero-order chi connectivity index (χ0) is 19.5. The van der Waals surface area contributed by atoms with E-state index in [1.807, 2.05) is 6.92 Å². The molecule has 0 aromatic heterocycles. The summed E-state index contributed by atoms with van der Waals surface area (Å²) in [6.07, 6.45) is 0.243. The van der Waals surface area contributed by atoms with E-state index in [1.54, 1.807) is 23.1 Å². The number of anilines is 2. The molecule has 0 heterocycles. The average molecular weight is 367 g/mol. The number of methoxy groups -OCH3 is 2. The molecule has 0 aliphatic carbocycles. The number of hydrogen-bond acceptors (Lipinski definition) is 7. The Balaban J connectivity index is 3.13. The molecule has 0 aliphatic heterocycles. The number of nitrogens with two attached hydrogens (primary N) is 1. The van der Waals surface area contributed by atoms with Crippen molar-refractivity contribution < 1.29 is 28.6 Å². The molecule has 1 rings (SSSR count). The number of amides is 2. The van der Waals surface area contributed by atoms with Gasteiger partial charge in [0.2, 0.25) is 0 Å². The smallest absolute Gasteiger partial charge is 0.316 e. The number of nitrogens with one attached hydrogen (secondary N) is 1. The summed E-state index contributed by atoms with van der Waals surface area (Å²) in [5, 5.41) is 2.49. The lowest BCUT2D eigenvalue weighted by atomic mass is 10.2. The molecule has 0 unspecified atom stereocenters. The largest absolute Gasteiger partial charge is 0.492 e. The summed E-state index contributed by atoms with van der Waals surface area (Å²) in [5.74, 6) is -0.202. The number of esters is 2. The van der Waals surface area contributed by atoms with Crippen LogP contribution < -0.4 is 20.7 Å². The molecule has 9 nitrogen and oxygen atoms in total. The zero-order valence-corrected chi connectivity index (χ0v) is 15.2. The summed E-state index contributed by atoms with van der Waals surface area (Å²) in [4.78, 5) is 35.9. The molecule has 0 fully saturated rings. The Labute approximate surface area is 152 Å². The monoisotopic (exact) mass is 367 g/mol. The van der Waals surface area contributed by atoms with E-state index in [2.05, 4.69) is 14.8 Å². The minimum atomic E-state index is -0.698. The van der Waals surface area contributed by atoms with Crippen LogP contribution in [0, 0.1) is 0 Å². The van der Waals surface area contributed by atoms with Crippen molar-refractivity contribution >= 4 is 29.3 Å². The number of benzene rings is 1. The van der Waals surface area contributed by atoms with Crippen molar-refractivity contribution in [1.82, 2.24) is 0 Å². The summed E-state index contributed by atoms with van der Waals surface area (Å²) in [5.41, 5.74) is 6.25. The second kappa shape index (κ2) is 10.8. The number of carbonyl (C=O) groups is 3. The summed E-state index contributed by atoms with van der Waals surface area (Å²) in [7, 11) is 2.62. The van der Waals surface area contributed by atoms with E-state index in [4.69, 9.17) is 10.5 Å². The normalized spacial score (nSPS) is 9.96. The van der Waals surface area contributed by atoms with Crippen LogP contribution >= 0.6 is 0 Å². The molecule has 9 heteroatoms. The molecule has 0 atom stereocenters. The molecule has 1 aromatic rings. The Morgan fingerprint density at radius 1 is 1.08 bits per heavy atom. The van der Waals surface area contributed by atoms with Crippen LogP contribution in [0.4, 0.5) is 16.2 Å². The van der Waals surface area contributed by atoms with Crippen molar-refractivity contribution in [3.05, 3.63) is 18.2 Å². The second-order valence-electron chi connectivity index (χ2n) is 5.24. The van der Waals surface area contributed by atoms with Gasteiger partial charge >= 0.3 is 18.0 Å². The fourth-order valence-electron chi connectivity index (χ4n) is 2.27. The van der Waals surface area contributed by atoms with Crippen molar-refractivity contribution in [2.24, 2.45) is 5.73 Å². The molecular formula is C17H25N3O6. The van der Waals surface area contributed by atoms with Gasteiger partial charge in [0.1, 0.15) is 5.75 Å². The fraction of sp³-hybridized carbons (Fsp3) is 0.471. The third-order valence-corrected chi connectivity index (χ3v) is 3.49. The molecule has 3 N–H and O–H groups in total. The van der Waals surface area contributed by atoms with Gasteiger partial charge in [-0.1, -0.05) is 0 Å². The van der Waals surface area contributed by atoms with Gasteiger partial charge in [-0.05, 0) is 25.1 Å². The Morgan fingerprint density at radius 3 is 2.12 bits per heavy atom. The molecule has 0 bridgehead atoms. The Hall–Kier alpha value is -2.97. The SMILES string of the molecule is CCOc1ccc(NC(N)=O)cc1N(CCC(=O)OC)CCC(=O)OC. The summed E-state index contributed by atoms with van der Waals surface area (Å²) < 4.78 is 15.0. The van der Waals surface area contributed by atoms with Crippen molar-refractivity contribution in [2.75, 3.05) is 44.1 Å². The number of hydrogen-bond donors (Lipinski definition) is 2. The molecule has 0 aliphatic rings. The van der Waals surface area contributed by atoms with Gasteiger partial charge in [0.25, 0.3) is 0 Å². The topological polar surface area (TPSA) is 120 Å². The van der Waals surface area contributed by atoms with Crippen LogP contribution in [0.25, 0.3) is 0 Å². The van der Waals surface area contributed by atoms with Gasteiger partial charge in [-0.2, -0.15) is 0 Å². The van der Waals surface area contributed by atoms with E-state index < -0.39 is 6.03 Å². The van der Waals surface area contributed by atoms with E-state index in [0.717, 1.165) is 0 Å². The lowest BCUT2D eigenvalue weighted by Gasteiger charge is -2.26. The zero-order valence-electron chi connectivity index (χ0n) is 15.2. The maximum atomic E-state index is 11.5. The van der Waals surface area contributed by atoms with E-state index in [0.29, 0.717) is 36.8 Å². The van der Waals surface area contributed by atoms with Crippen LogP contribution in [-0.2, 0) is 19.1 Å². The van der Waals surface area contributed by atoms with Gasteiger partial charge in [-0.15, -0.1) is 0 Å². The number of ether oxygens (including phenoxy) is 3. The standard InChI is InChI=1S/C17H25N3O6/c1-4-26-14-6-5-12(19-17(18)23)11-13(14)20(9-7-15(21)24-2)10-8-16(22)25-3/h5-6,11H,4,7-10H2,1-3H3,(H3,18,19,23). The number of nitrogens with zero attached hydrogens (tertiary/aromatic N) is 1. The summed E-state index contributed by atoms with van der Waals surface area (Å²) in [6, 6.07) is 4.31. The first-order chi connectivity index (χ1) is 12.4. The molecular weight excluding hydrogens is 342 g/mol. The lowest BCUT2D eigenvalue weighted by molar-refractivity contribution is -0.140. The van der Waals surface area contributed by atoms with Crippen molar-refractivity contribution in [2.45, 2.75) is 19.8 Å². The second-order valence-corrected chi connectivity index (χ2v) is 5.24. The fourth-order valence-corrected chi connectivity index (χ4v) is 2.27. The molecule has 0 radical (unpaired) electrons. The predicted octanol–water partition coefficient (Wildman–Crippen LogP) is 1.51. The van der Waals surface area contributed by atoms with E-state index in [9.17, 15) is 14.4 Å². The highest BCUT2D eigenvalue weighted by Crippen LogP contribution is 2.32. The van der Waals surface area contributed by atoms with Crippen LogP contribution in [0.5, 0.6) is 5.75 Å². The number of urea groups is 1. The van der Waals surface area contributed by atoms with Gasteiger partial charge in [-0.25, -0.2) is 4.79 Å². The number of rotatable bonds is 10. The lowest BCUT2D eigenvalue weighted by Crippen LogP contribution is -2.30. The maximum Gasteiger partial charge on any atom is 0.316 e. The van der Waals surface area contributed by atoms with Crippen LogP contribution in [0.3, 0.4) is 0 Å². The van der Waals surface area contributed by atoms with Crippen LogP contribution in [0.15, 0.2) is 18.2 Å². The Bertz CT molecular complexity index is 615. The van der Waals surface area contributed by atoms with Crippen LogP contribution in [0.2, 0.25) is 0 Å². The molecule has 2 amide bonds. The third kappa shape index (κ3) is 6.88. The van der Waals surface area contributed by atoms with Crippen LogP contribution in [0.1, 0.15) is 19.8 Å². The number of primary amides is 1. The first-order valence-corrected chi connectivity index (χ1v) is 8.13. The van der Waals surface area contributed by atoms with E-state index in [1.165, 1.54) is 14.2 Å². The molecule has 26 heavy (non-hydrogen) atoms. The van der Waals surface area contributed by atoms with E-state index in [-0.39, 0.29) is 24.8 Å². The first kappa shape index (κ1) is 21.1. The average Bonchev–Trinajstić information content (AvgIpc) is 2.62. The Morgan fingerprint density at radius 2 is 1.65 bits per heavy atom. The van der Waals surface area contributed by atoms with Gasteiger partial charge in [0.05, 0.1) is 39.4 Å². The minimum absolute atomic E-state index is 0.122. The number of carbonyl (C=O) groups excluding carboxylic acids is 3. The third-order valence-electron chi connectivity index (χ3n) is 3.49. The molecule has 1 aromatic carbocycles. The van der Waals surface area contributed by atoms with Crippen LogP contribution in [-0.4, -0.2) is 51.9 Å². The van der Waals surface area contributed by atoms with Gasteiger partial charge in [0, 0.05) is 18.8 Å². The summed E-state index contributed by atoms with van der Waals surface area (Å²) >= 11 is 0. The molecule has 0 saturated heterocycles. The quantitative estimate of drug-likeness (QED) is 0.601. The Kier molecular flexibility index (Phi) is 8.76. The highest BCUT2D eigenvalue weighted by Gasteiger charge is 2.17. The van der Waals surface area contributed by atoms with E-state index >= 15 is 0 Å². The molecule has 0 spiro atoms. The van der Waals surface area contributed by atoms with Crippen molar-refractivity contribution in [3.8, 4) is 5.75 Å².